The second kappa shape index (κ2) is 5.26. The van der Waals surface area contributed by atoms with Gasteiger partial charge in [-0.15, -0.1) is 12.6 Å². The lowest BCUT2D eigenvalue weighted by atomic mass is 10.5. The maximum Gasteiger partial charge on any atom is 0.319 e. The van der Waals surface area contributed by atoms with Gasteiger partial charge in [0.1, 0.15) is 5.50 Å². The predicted molar refractivity (Wildman–Crippen MR) is 48.4 cm³/mol. The van der Waals surface area contributed by atoms with E-state index in [0.717, 1.165) is 0 Å². The van der Waals surface area contributed by atoms with Gasteiger partial charge in [0.15, 0.2) is 0 Å². The number of carbonyl (C=O) groups is 1. The van der Waals surface area contributed by atoms with Crippen molar-refractivity contribution in [3.63, 3.8) is 0 Å². The molecule has 0 saturated carbocycles. The Morgan fingerprint density at radius 1 is 1.64 bits per heavy atom. The Morgan fingerprint density at radius 3 is 2.36 bits per heavy atom. The second-order valence-corrected chi connectivity index (χ2v) is 2.62. The molecule has 0 aliphatic heterocycles. The molecule has 2 amide bonds. The highest BCUT2D eigenvalue weighted by Crippen LogP contribution is 1.89. The molecule has 1 atom stereocenters. The lowest BCUT2D eigenvalue weighted by Gasteiger charge is -2.20. The number of amides is 2. The van der Waals surface area contributed by atoms with Crippen molar-refractivity contribution in [3.05, 3.63) is 0 Å². The van der Waals surface area contributed by atoms with Crippen molar-refractivity contribution in [2.45, 2.75) is 19.3 Å². The van der Waals surface area contributed by atoms with Crippen molar-refractivity contribution in [1.29, 1.82) is 0 Å². The van der Waals surface area contributed by atoms with Gasteiger partial charge in [-0.2, -0.15) is 0 Å². The minimum atomic E-state index is -0.580. The van der Waals surface area contributed by atoms with Crippen molar-refractivity contribution in [2.24, 2.45) is 5.73 Å². The first-order chi connectivity index (χ1) is 5.11. The van der Waals surface area contributed by atoms with Crippen LogP contribution in [0.25, 0.3) is 0 Å². The average Bonchev–Trinajstić information content (AvgIpc) is 1.88. The van der Waals surface area contributed by atoms with Crippen LogP contribution in [0.5, 0.6) is 0 Å². The number of hydrogen-bond donors (Lipinski definition) is 3. The third kappa shape index (κ3) is 4.10. The Morgan fingerprint density at radius 2 is 2.09 bits per heavy atom. The van der Waals surface area contributed by atoms with E-state index in [9.17, 15) is 4.79 Å². The molecule has 11 heavy (non-hydrogen) atoms. The molecule has 0 fully saturated rings. The zero-order chi connectivity index (χ0) is 8.85. The van der Waals surface area contributed by atoms with Crippen molar-refractivity contribution in [3.8, 4) is 0 Å². The van der Waals surface area contributed by atoms with E-state index in [1.807, 2.05) is 13.8 Å². The van der Waals surface area contributed by atoms with E-state index in [2.05, 4.69) is 17.9 Å². The van der Waals surface area contributed by atoms with Gasteiger partial charge in [0.25, 0.3) is 0 Å². The maximum absolute atomic E-state index is 11.1. The second-order valence-electron chi connectivity index (χ2n) is 2.07. The van der Waals surface area contributed by atoms with Gasteiger partial charge >= 0.3 is 6.03 Å². The first-order valence-corrected chi connectivity index (χ1v) is 4.12. The monoisotopic (exact) mass is 177 g/mol. The fraction of sp³-hybridized carbons (Fsp3) is 0.833. The number of hydrogen-bond acceptors (Lipinski definition) is 3. The fourth-order valence-corrected chi connectivity index (χ4v) is 0.839. The summed E-state index contributed by atoms with van der Waals surface area (Å²) in [6, 6.07) is -0.169. The van der Waals surface area contributed by atoms with Crippen molar-refractivity contribution in [2.75, 3.05) is 13.1 Å². The molecule has 0 heterocycles. The molecule has 0 aromatic heterocycles. The van der Waals surface area contributed by atoms with Crippen molar-refractivity contribution >= 4 is 18.7 Å². The number of carbonyl (C=O) groups excluding carboxylic acids is 1. The summed E-state index contributed by atoms with van der Waals surface area (Å²) < 4.78 is 0. The van der Waals surface area contributed by atoms with Gasteiger partial charge in [-0.1, -0.05) is 0 Å². The highest BCUT2D eigenvalue weighted by Gasteiger charge is 2.09. The molecule has 0 aliphatic rings. The van der Waals surface area contributed by atoms with Gasteiger partial charge in [-0.25, -0.2) is 4.79 Å². The summed E-state index contributed by atoms with van der Waals surface area (Å²) in [7, 11) is 0. The van der Waals surface area contributed by atoms with Crippen LogP contribution in [0.1, 0.15) is 13.8 Å². The van der Waals surface area contributed by atoms with E-state index >= 15 is 0 Å². The van der Waals surface area contributed by atoms with Gasteiger partial charge in [-0.05, 0) is 13.8 Å². The van der Waals surface area contributed by atoms with Crippen LogP contribution in [-0.2, 0) is 0 Å². The molecule has 0 rings (SSSR count). The largest absolute Gasteiger partial charge is 0.325 e. The summed E-state index contributed by atoms with van der Waals surface area (Å²) in [6.07, 6.45) is 0. The number of thiol groups is 1. The highest BCUT2D eigenvalue weighted by atomic mass is 32.1. The maximum atomic E-state index is 11.1. The molecule has 5 heteroatoms. The van der Waals surface area contributed by atoms with Crippen LogP contribution in [0.2, 0.25) is 0 Å². The van der Waals surface area contributed by atoms with Gasteiger partial charge in [0.2, 0.25) is 0 Å². The number of rotatable bonds is 3. The third-order valence-corrected chi connectivity index (χ3v) is 1.45. The van der Waals surface area contributed by atoms with E-state index in [1.165, 1.54) is 0 Å². The molecule has 0 aromatic carbocycles. The van der Waals surface area contributed by atoms with E-state index in [-0.39, 0.29) is 6.03 Å². The standard InChI is InChI=1S/C6H15N3OS/c1-3-9(4-2)6(10)8-5(7)11/h5,11H,3-4,7H2,1-2H3,(H,8,10). The first-order valence-electron chi connectivity index (χ1n) is 3.60. The topological polar surface area (TPSA) is 58.4 Å². The summed E-state index contributed by atoms with van der Waals surface area (Å²) in [5.41, 5.74) is 4.67. The SMILES string of the molecule is CCN(CC)C(=O)NC(N)S. The van der Waals surface area contributed by atoms with E-state index in [4.69, 9.17) is 5.73 Å². The highest BCUT2D eigenvalue weighted by molar-refractivity contribution is 7.80. The predicted octanol–water partition coefficient (Wildman–Crippen LogP) is 0.210. The molecule has 3 N–H and O–H groups in total. The summed E-state index contributed by atoms with van der Waals surface area (Å²) in [5.74, 6) is 0. The fourth-order valence-electron chi connectivity index (χ4n) is 0.729. The molecule has 0 spiro atoms. The average molecular weight is 177 g/mol. The number of nitrogens with two attached hydrogens (primary N) is 1. The number of nitrogens with zero attached hydrogens (tertiary/aromatic N) is 1. The number of urea groups is 1. The van der Waals surface area contributed by atoms with Gasteiger partial charge in [0, 0.05) is 13.1 Å². The quantitative estimate of drug-likeness (QED) is 0.426. The summed E-state index contributed by atoms with van der Waals surface area (Å²) in [5, 5.41) is 2.47. The summed E-state index contributed by atoms with van der Waals surface area (Å²) in [6.45, 7) is 5.19. The Labute approximate surface area is 72.5 Å². The van der Waals surface area contributed by atoms with Crippen LogP contribution in [0, 0.1) is 0 Å². The van der Waals surface area contributed by atoms with Crippen LogP contribution in [-0.4, -0.2) is 29.5 Å². The Hall–Kier alpha value is -0.420. The summed E-state index contributed by atoms with van der Waals surface area (Å²) >= 11 is 3.83. The van der Waals surface area contributed by atoms with E-state index in [1.54, 1.807) is 4.90 Å². The Bertz CT molecular complexity index is 125. The van der Waals surface area contributed by atoms with Gasteiger partial charge in [-0.3, -0.25) is 0 Å². The van der Waals surface area contributed by atoms with Crippen molar-refractivity contribution < 1.29 is 4.79 Å². The molecule has 0 aromatic rings. The molecule has 0 radical (unpaired) electrons. The summed E-state index contributed by atoms with van der Waals surface area (Å²) in [4.78, 5) is 12.7. The van der Waals surface area contributed by atoms with Crippen LogP contribution in [0.3, 0.4) is 0 Å². The molecule has 0 bridgehead atoms. The smallest absolute Gasteiger partial charge is 0.319 e. The Balaban J connectivity index is 3.79. The number of nitrogens with one attached hydrogen (secondary N) is 1. The molecule has 0 saturated heterocycles. The Kier molecular flexibility index (Phi) is 5.06. The molecular formula is C6H15N3OS. The van der Waals surface area contributed by atoms with Crippen LogP contribution >= 0.6 is 12.6 Å². The molecular weight excluding hydrogens is 162 g/mol. The zero-order valence-electron chi connectivity index (χ0n) is 6.87. The van der Waals surface area contributed by atoms with E-state index < -0.39 is 5.50 Å². The zero-order valence-corrected chi connectivity index (χ0v) is 7.77. The van der Waals surface area contributed by atoms with Crippen LogP contribution in [0.4, 0.5) is 4.79 Å². The van der Waals surface area contributed by atoms with Gasteiger partial charge in [0.05, 0.1) is 0 Å². The molecule has 66 valence electrons. The first kappa shape index (κ1) is 10.6. The normalized spacial score (nSPS) is 12.4. The third-order valence-electron chi connectivity index (χ3n) is 1.32. The minimum Gasteiger partial charge on any atom is -0.325 e. The van der Waals surface area contributed by atoms with Crippen LogP contribution < -0.4 is 11.1 Å². The van der Waals surface area contributed by atoms with Gasteiger partial charge < -0.3 is 16.0 Å². The molecule has 4 nitrogen and oxygen atoms in total. The van der Waals surface area contributed by atoms with Crippen molar-refractivity contribution in [1.82, 2.24) is 10.2 Å². The lowest BCUT2D eigenvalue weighted by molar-refractivity contribution is 0.202. The minimum absolute atomic E-state index is 0.169. The lowest BCUT2D eigenvalue weighted by Crippen LogP contribution is -2.45. The van der Waals surface area contributed by atoms with E-state index in [0.29, 0.717) is 13.1 Å². The van der Waals surface area contributed by atoms with Crippen LogP contribution in [0.15, 0.2) is 0 Å². The molecule has 0 aliphatic carbocycles. The molecule has 1 unspecified atom stereocenters.